The molecular formula is C14H20N2S. The van der Waals surface area contributed by atoms with E-state index >= 15 is 0 Å². The van der Waals surface area contributed by atoms with Gasteiger partial charge in [0, 0.05) is 5.41 Å². The van der Waals surface area contributed by atoms with Crippen molar-refractivity contribution in [1.29, 1.82) is 0 Å². The molecule has 17 heavy (non-hydrogen) atoms. The molecule has 0 atom stereocenters. The molecule has 0 unspecified atom stereocenters. The fourth-order valence-electron chi connectivity index (χ4n) is 1.95. The second-order valence-electron chi connectivity index (χ2n) is 6.59. The van der Waals surface area contributed by atoms with Crippen LogP contribution in [0.25, 0.3) is 10.2 Å². The fourth-order valence-corrected chi connectivity index (χ4v) is 2.58. The molecule has 0 saturated carbocycles. The minimum absolute atomic E-state index is 0.0682. The lowest BCUT2D eigenvalue weighted by atomic mass is 9.78. The molecule has 0 N–H and O–H groups in total. The normalized spacial score (nSPS) is 13.3. The first-order valence-corrected chi connectivity index (χ1v) is 6.73. The highest BCUT2D eigenvalue weighted by Gasteiger charge is 2.27. The lowest BCUT2D eigenvalue weighted by Gasteiger charge is -2.28. The SMILES string of the molecule is CC(C)(C)c1cc2sncc2nc1C(C)(C)C. The Labute approximate surface area is 107 Å². The zero-order valence-electron chi connectivity index (χ0n) is 11.5. The molecule has 0 saturated heterocycles. The summed E-state index contributed by atoms with van der Waals surface area (Å²) in [5, 5.41) is 0. The summed E-state index contributed by atoms with van der Waals surface area (Å²) in [5.74, 6) is 0. The van der Waals surface area contributed by atoms with Gasteiger partial charge < -0.3 is 0 Å². The van der Waals surface area contributed by atoms with Crippen molar-refractivity contribution in [2.45, 2.75) is 52.4 Å². The van der Waals surface area contributed by atoms with E-state index in [0.29, 0.717) is 0 Å². The number of hydrogen-bond acceptors (Lipinski definition) is 3. The van der Waals surface area contributed by atoms with Crippen molar-refractivity contribution >= 4 is 21.7 Å². The van der Waals surface area contributed by atoms with E-state index in [9.17, 15) is 0 Å². The molecule has 0 aromatic carbocycles. The smallest absolute Gasteiger partial charge is 0.101 e. The van der Waals surface area contributed by atoms with E-state index in [2.05, 4.69) is 52.0 Å². The zero-order chi connectivity index (χ0) is 12.8. The maximum Gasteiger partial charge on any atom is 0.101 e. The van der Waals surface area contributed by atoms with Crippen LogP contribution in [0.1, 0.15) is 52.8 Å². The van der Waals surface area contributed by atoms with Gasteiger partial charge in [-0.3, -0.25) is 0 Å². The first-order valence-electron chi connectivity index (χ1n) is 5.96. The van der Waals surface area contributed by atoms with Crippen molar-refractivity contribution in [2.24, 2.45) is 0 Å². The van der Waals surface area contributed by atoms with Crippen LogP contribution in [0, 0.1) is 0 Å². The van der Waals surface area contributed by atoms with Crippen molar-refractivity contribution < 1.29 is 0 Å². The molecule has 92 valence electrons. The Morgan fingerprint density at radius 2 is 1.65 bits per heavy atom. The minimum atomic E-state index is 0.0682. The Hall–Kier alpha value is -0.960. The summed E-state index contributed by atoms with van der Waals surface area (Å²) in [4.78, 5) is 4.82. The number of hydrogen-bond donors (Lipinski definition) is 0. The van der Waals surface area contributed by atoms with Gasteiger partial charge in [-0.1, -0.05) is 41.5 Å². The van der Waals surface area contributed by atoms with Crippen LogP contribution in [0.3, 0.4) is 0 Å². The van der Waals surface area contributed by atoms with Gasteiger partial charge in [0.2, 0.25) is 0 Å². The predicted molar refractivity (Wildman–Crippen MR) is 74.8 cm³/mol. The highest BCUT2D eigenvalue weighted by molar-refractivity contribution is 7.13. The lowest BCUT2D eigenvalue weighted by molar-refractivity contribution is 0.517. The van der Waals surface area contributed by atoms with Crippen LogP contribution in [0.2, 0.25) is 0 Å². The van der Waals surface area contributed by atoms with Crippen LogP contribution < -0.4 is 0 Å². The molecule has 2 heterocycles. The highest BCUT2D eigenvalue weighted by atomic mass is 32.1. The van der Waals surface area contributed by atoms with Crippen molar-refractivity contribution in [1.82, 2.24) is 9.36 Å². The molecule has 0 aliphatic heterocycles. The Kier molecular flexibility index (Phi) is 2.77. The maximum absolute atomic E-state index is 4.82. The number of rotatable bonds is 0. The van der Waals surface area contributed by atoms with E-state index in [0.717, 1.165) is 5.52 Å². The lowest BCUT2D eigenvalue weighted by Crippen LogP contribution is -2.23. The van der Waals surface area contributed by atoms with Crippen LogP contribution in [-0.2, 0) is 10.8 Å². The number of pyridine rings is 1. The van der Waals surface area contributed by atoms with E-state index < -0.39 is 0 Å². The largest absolute Gasteiger partial charge is 0.249 e. The Bertz CT molecular complexity index is 493. The fraction of sp³-hybridized carbons (Fsp3) is 0.571. The maximum atomic E-state index is 4.82. The summed E-state index contributed by atoms with van der Waals surface area (Å²) in [7, 11) is 0. The second kappa shape index (κ2) is 3.77. The second-order valence-corrected chi connectivity index (χ2v) is 7.43. The standard InChI is InChI=1S/C14H20N2S/c1-13(2,3)9-7-11-10(8-15-17-11)16-12(9)14(4,5)6/h7-8H,1-6H3. The van der Waals surface area contributed by atoms with E-state index in [4.69, 9.17) is 4.98 Å². The quantitative estimate of drug-likeness (QED) is 0.695. The van der Waals surface area contributed by atoms with Crippen LogP contribution in [0.5, 0.6) is 0 Å². The average Bonchev–Trinajstić information content (AvgIpc) is 2.59. The summed E-state index contributed by atoms with van der Waals surface area (Å²) in [6, 6.07) is 2.26. The third-order valence-corrected chi connectivity index (χ3v) is 3.59. The minimum Gasteiger partial charge on any atom is -0.249 e. The van der Waals surface area contributed by atoms with Gasteiger partial charge in [0.1, 0.15) is 5.52 Å². The molecule has 0 aliphatic rings. The molecule has 3 heteroatoms. The van der Waals surface area contributed by atoms with E-state index in [1.165, 1.54) is 27.5 Å². The van der Waals surface area contributed by atoms with Crippen LogP contribution in [0.4, 0.5) is 0 Å². The monoisotopic (exact) mass is 248 g/mol. The first kappa shape index (κ1) is 12.5. The van der Waals surface area contributed by atoms with Gasteiger partial charge in [-0.05, 0) is 28.6 Å². The molecule has 2 aromatic rings. The number of nitrogens with zero attached hydrogens (tertiary/aromatic N) is 2. The van der Waals surface area contributed by atoms with Gasteiger partial charge in [0.05, 0.1) is 16.6 Å². The number of fused-ring (bicyclic) bond motifs is 1. The van der Waals surface area contributed by atoms with E-state index in [1.54, 1.807) is 0 Å². The topological polar surface area (TPSA) is 25.8 Å². The Morgan fingerprint density at radius 3 is 2.18 bits per heavy atom. The average molecular weight is 248 g/mol. The Morgan fingerprint density at radius 1 is 1.00 bits per heavy atom. The third-order valence-electron chi connectivity index (χ3n) is 2.86. The van der Waals surface area contributed by atoms with Gasteiger partial charge >= 0.3 is 0 Å². The van der Waals surface area contributed by atoms with Crippen LogP contribution in [0.15, 0.2) is 12.3 Å². The molecule has 0 amide bonds. The summed E-state index contributed by atoms with van der Waals surface area (Å²) in [5.41, 5.74) is 3.74. The molecule has 0 radical (unpaired) electrons. The molecule has 0 fully saturated rings. The number of aromatic nitrogens is 2. The highest BCUT2D eigenvalue weighted by Crippen LogP contribution is 2.35. The third kappa shape index (κ3) is 2.34. The molecule has 0 spiro atoms. The zero-order valence-corrected chi connectivity index (χ0v) is 12.3. The first-order chi connectivity index (χ1) is 7.69. The summed E-state index contributed by atoms with van der Waals surface area (Å²) >= 11 is 1.52. The van der Waals surface area contributed by atoms with E-state index in [-0.39, 0.29) is 10.8 Å². The van der Waals surface area contributed by atoms with Gasteiger partial charge in [0.15, 0.2) is 0 Å². The van der Waals surface area contributed by atoms with Gasteiger partial charge in [-0.2, -0.15) is 4.37 Å². The predicted octanol–water partition coefficient (Wildman–Crippen LogP) is 4.29. The molecule has 2 nitrogen and oxygen atoms in total. The summed E-state index contributed by atoms with van der Waals surface area (Å²) < 4.78 is 5.41. The van der Waals surface area contributed by atoms with E-state index in [1.807, 2.05) is 6.20 Å². The van der Waals surface area contributed by atoms with Gasteiger partial charge in [-0.25, -0.2) is 4.98 Å². The van der Waals surface area contributed by atoms with Crippen molar-refractivity contribution in [3.63, 3.8) is 0 Å². The van der Waals surface area contributed by atoms with Crippen LogP contribution in [-0.4, -0.2) is 9.36 Å². The Balaban J connectivity index is 2.78. The van der Waals surface area contributed by atoms with Gasteiger partial charge in [-0.15, -0.1) is 0 Å². The van der Waals surface area contributed by atoms with Crippen molar-refractivity contribution in [2.75, 3.05) is 0 Å². The van der Waals surface area contributed by atoms with Crippen LogP contribution >= 0.6 is 11.5 Å². The van der Waals surface area contributed by atoms with Crippen molar-refractivity contribution in [3.05, 3.63) is 23.5 Å². The van der Waals surface area contributed by atoms with Crippen molar-refractivity contribution in [3.8, 4) is 0 Å². The summed E-state index contributed by atoms with van der Waals surface area (Å²) in [6.45, 7) is 13.4. The molecule has 0 bridgehead atoms. The molecular weight excluding hydrogens is 228 g/mol. The van der Waals surface area contributed by atoms with Gasteiger partial charge in [0.25, 0.3) is 0 Å². The molecule has 0 aliphatic carbocycles. The molecule has 2 rings (SSSR count). The molecule has 2 aromatic heterocycles. The summed E-state index contributed by atoms with van der Waals surface area (Å²) in [6.07, 6.45) is 1.86.